The molecular formula is C26H30N2O4S. The van der Waals surface area contributed by atoms with Crippen molar-refractivity contribution in [1.82, 2.24) is 5.32 Å². The minimum Gasteiger partial charge on any atom is -0.491 e. The van der Waals surface area contributed by atoms with Crippen molar-refractivity contribution >= 4 is 21.6 Å². The third-order valence-electron chi connectivity index (χ3n) is 5.13. The fraction of sp³-hybridized carbons (Fsp3) is 0.269. The number of aryl methyl sites for hydroxylation is 1. The van der Waals surface area contributed by atoms with Gasteiger partial charge in [-0.15, -0.1) is 0 Å². The summed E-state index contributed by atoms with van der Waals surface area (Å²) < 4.78 is 33.6. The maximum Gasteiger partial charge on any atom is 0.261 e. The predicted octanol–water partition coefficient (Wildman–Crippen LogP) is 4.90. The number of hydrogen-bond donors (Lipinski definition) is 2. The van der Waals surface area contributed by atoms with Gasteiger partial charge in [0, 0.05) is 5.56 Å². The van der Waals surface area contributed by atoms with E-state index in [-0.39, 0.29) is 16.2 Å². The topological polar surface area (TPSA) is 84.5 Å². The second-order valence-electron chi connectivity index (χ2n) is 8.80. The normalized spacial score (nSPS) is 11.6. The van der Waals surface area contributed by atoms with Crippen LogP contribution in [0.4, 0.5) is 5.69 Å². The van der Waals surface area contributed by atoms with E-state index in [1.165, 1.54) is 12.1 Å². The van der Waals surface area contributed by atoms with Crippen LogP contribution in [0, 0.1) is 6.92 Å². The molecule has 3 aromatic rings. The van der Waals surface area contributed by atoms with Gasteiger partial charge < -0.3 is 10.1 Å². The number of amides is 1. The quantitative estimate of drug-likeness (QED) is 0.463. The van der Waals surface area contributed by atoms with Crippen LogP contribution in [0.2, 0.25) is 0 Å². The molecule has 0 unspecified atom stereocenters. The highest BCUT2D eigenvalue weighted by Gasteiger charge is 2.18. The number of carbonyl (C=O) groups is 1. The van der Waals surface area contributed by atoms with Gasteiger partial charge in [0.1, 0.15) is 12.4 Å². The van der Waals surface area contributed by atoms with Crippen molar-refractivity contribution < 1.29 is 17.9 Å². The molecule has 7 heteroatoms. The standard InChI is InChI=1S/C26H30N2O4S/c1-19-18-20(14-15-23(19)28-33(30,31)21-10-6-5-7-11-21)25(29)27-16-17-32-24-13-9-8-12-22(24)26(2,3)4/h5-15,18,28H,16-17H2,1-4H3,(H,27,29). The lowest BCUT2D eigenvalue weighted by atomic mass is 9.86. The molecule has 6 nitrogen and oxygen atoms in total. The van der Waals surface area contributed by atoms with Gasteiger partial charge in [0.2, 0.25) is 0 Å². The van der Waals surface area contributed by atoms with E-state index >= 15 is 0 Å². The largest absolute Gasteiger partial charge is 0.491 e. The Kier molecular flexibility index (Phi) is 7.43. The molecule has 0 aliphatic rings. The Hall–Kier alpha value is -3.32. The average Bonchev–Trinajstić information content (AvgIpc) is 2.78. The molecule has 0 atom stereocenters. The van der Waals surface area contributed by atoms with Crippen molar-refractivity contribution in [3.05, 3.63) is 89.5 Å². The first-order valence-electron chi connectivity index (χ1n) is 10.8. The van der Waals surface area contributed by atoms with Crippen LogP contribution >= 0.6 is 0 Å². The van der Waals surface area contributed by atoms with Gasteiger partial charge in [-0.1, -0.05) is 57.2 Å². The van der Waals surface area contributed by atoms with Crippen LogP contribution in [0.5, 0.6) is 5.75 Å². The van der Waals surface area contributed by atoms with E-state index in [9.17, 15) is 13.2 Å². The molecule has 1 amide bonds. The number of hydrogen-bond acceptors (Lipinski definition) is 4. The van der Waals surface area contributed by atoms with E-state index in [0.29, 0.717) is 30.0 Å². The van der Waals surface area contributed by atoms with E-state index < -0.39 is 10.0 Å². The van der Waals surface area contributed by atoms with Gasteiger partial charge in [-0.2, -0.15) is 0 Å². The summed E-state index contributed by atoms with van der Waals surface area (Å²) >= 11 is 0. The van der Waals surface area contributed by atoms with Gasteiger partial charge in [0.25, 0.3) is 15.9 Å². The lowest BCUT2D eigenvalue weighted by Gasteiger charge is -2.22. The van der Waals surface area contributed by atoms with Crippen LogP contribution in [0.25, 0.3) is 0 Å². The summed E-state index contributed by atoms with van der Waals surface area (Å²) in [7, 11) is -3.69. The second kappa shape index (κ2) is 10.1. The molecule has 0 saturated heterocycles. The molecular weight excluding hydrogens is 436 g/mol. The lowest BCUT2D eigenvalue weighted by Crippen LogP contribution is -2.28. The second-order valence-corrected chi connectivity index (χ2v) is 10.5. The molecule has 3 aromatic carbocycles. The predicted molar refractivity (Wildman–Crippen MR) is 131 cm³/mol. The fourth-order valence-electron chi connectivity index (χ4n) is 3.36. The molecule has 0 spiro atoms. The zero-order valence-electron chi connectivity index (χ0n) is 19.4. The van der Waals surface area contributed by atoms with Crippen LogP contribution in [-0.2, 0) is 15.4 Å². The average molecular weight is 467 g/mol. The molecule has 0 saturated carbocycles. The molecule has 2 N–H and O–H groups in total. The number of para-hydroxylation sites is 1. The summed E-state index contributed by atoms with van der Waals surface area (Å²) in [5.41, 5.74) is 2.60. The van der Waals surface area contributed by atoms with E-state index in [1.54, 1.807) is 43.3 Å². The first-order valence-corrected chi connectivity index (χ1v) is 12.3. The summed E-state index contributed by atoms with van der Waals surface area (Å²) in [6.45, 7) is 8.83. The highest BCUT2D eigenvalue weighted by Crippen LogP contribution is 2.30. The van der Waals surface area contributed by atoms with Crippen LogP contribution in [0.1, 0.15) is 42.3 Å². The number of ether oxygens (including phenoxy) is 1. The van der Waals surface area contributed by atoms with E-state index in [1.807, 2.05) is 24.3 Å². The summed E-state index contributed by atoms with van der Waals surface area (Å²) in [6.07, 6.45) is 0. The lowest BCUT2D eigenvalue weighted by molar-refractivity contribution is 0.0946. The Labute approximate surface area is 196 Å². The highest BCUT2D eigenvalue weighted by atomic mass is 32.2. The summed E-state index contributed by atoms with van der Waals surface area (Å²) in [5.74, 6) is 0.563. The van der Waals surface area contributed by atoms with E-state index in [4.69, 9.17) is 4.74 Å². The van der Waals surface area contributed by atoms with Gasteiger partial charge in [-0.25, -0.2) is 8.42 Å². The van der Waals surface area contributed by atoms with Gasteiger partial charge in [0.15, 0.2) is 0 Å². The summed E-state index contributed by atoms with van der Waals surface area (Å²) in [4.78, 5) is 12.7. The Balaban J connectivity index is 1.58. The van der Waals surface area contributed by atoms with Crippen LogP contribution in [0.15, 0.2) is 77.7 Å². The molecule has 174 valence electrons. The van der Waals surface area contributed by atoms with Crippen molar-refractivity contribution in [1.29, 1.82) is 0 Å². The molecule has 0 bridgehead atoms. The van der Waals surface area contributed by atoms with Crippen molar-refractivity contribution in [3.8, 4) is 5.75 Å². The monoisotopic (exact) mass is 466 g/mol. The summed E-state index contributed by atoms with van der Waals surface area (Å²) in [5, 5.41) is 2.85. The van der Waals surface area contributed by atoms with Crippen molar-refractivity contribution in [2.24, 2.45) is 0 Å². The number of sulfonamides is 1. The highest BCUT2D eigenvalue weighted by molar-refractivity contribution is 7.92. The molecule has 33 heavy (non-hydrogen) atoms. The SMILES string of the molecule is Cc1cc(C(=O)NCCOc2ccccc2C(C)(C)C)ccc1NS(=O)(=O)c1ccccc1. The minimum absolute atomic E-state index is 0.0405. The van der Waals surface area contributed by atoms with Gasteiger partial charge >= 0.3 is 0 Å². The number of benzene rings is 3. The van der Waals surface area contributed by atoms with Crippen molar-refractivity contribution in [3.63, 3.8) is 0 Å². The Bertz CT molecular complexity index is 1220. The zero-order valence-corrected chi connectivity index (χ0v) is 20.2. The maximum absolute atomic E-state index is 12.5. The minimum atomic E-state index is -3.69. The van der Waals surface area contributed by atoms with E-state index in [2.05, 4.69) is 30.8 Å². The van der Waals surface area contributed by atoms with E-state index in [0.717, 1.165) is 11.3 Å². The number of rotatable bonds is 8. The zero-order chi connectivity index (χ0) is 24.1. The van der Waals surface area contributed by atoms with Crippen molar-refractivity contribution in [2.75, 3.05) is 17.9 Å². The number of anilines is 1. The molecule has 0 fully saturated rings. The van der Waals surface area contributed by atoms with Gasteiger partial charge in [0.05, 0.1) is 17.1 Å². The molecule has 0 radical (unpaired) electrons. The van der Waals surface area contributed by atoms with Gasteiger partial charge in [-0.05, 0) is 59.9 Å². The smallest absolute Gasteiger partial charge is 0.261 e. The Morgan fingerprint density at radius 3 is 2.27 bits per heavy atom. The Morgan fingerprint density at radius 2 is 1.61 bits per heavy atom. The first-order chi connectivity index (χ1) is 15.6. The van der Waals surface area contributed by atoms with Gasteiger partial charge in [-0.3, -0.25) is 9.52 Å². The molecule has 3 rings (SSSR count). The number of carbonyl (C=O) groups excluding carboxylic acids is 1. The third kappa shape index (κ3) is 6.35. The first kappa shape index (κ1) is 24.3. The Morgan fingerprint density at radius 1 is 0.939 bits per heavy atom. The maximum atomic E-state index is 12.5. The fourth-order valence-corrected chi connectivity index (χ4v) is 4.51. The summed E-state index contributed by atoms with van der Waals surface area (Å²) in [6, 6.07) is 20.9. The van der Waals surface area contributed by atoms with Crippen LogP contribution in [-0.4, -0.2) is 27.5 Å². The van der Waals surface area contributed by atoms with Crippen LogP contribution in [0.3, 0.4) is 0 Å². The number of nitrogens with one attached hydrogen (secondary N) is 2. The van der Waals surface area contributed by atoms with Crippen molar-refractivity contribution in [2.45, 2.75) is 38.0 Å². The molecule has 0 aliphatic heterocycles. The molecule has 0 aliphatic carbocycles. The third-order valence-corrected chi connectivity index (χ3v) is 6.51. The molecule has 0 aromatic heterocycles. The molecule has 0 heterocycles. The van der Waals surface area contributed by atoms with Crippen LogP contribution < -0.4 is 14.8 Å².